The van der Waals surface area contributed by atoms with Crippen LogP contribution in [0.15, 0.2) is 54.6 Å². The molecule has 2 aromatic carbocycles. The van der Waals surface area contributed by atoms with Gasteiger partial charge in [0.2, 0.25) is 0 Å². The fraction of sp³-hybridized carbons (Fsp3) is 0.0769. The molecule has 0 aliphatic carbocycles. The second-order valence-electron chi connectivity index (χ2n) is 3.29. The molecule has 0 saturated carbocycles. The van der Waals surface area contributed by atoms with E-state index in [9.17, 15) is 4.39 Å². The lowest BCUT2D eigenvalue weighted by Gasteiger charge is -2.10. The zero-order valence-electron chi connectivity index (χ0n) is 8.03. The summed E-state index contributed by atoms with van der Waals surface area (Å²) in [5.74, 6) is -0.263. The van der Waals surface area contributed by atoms with Crippen molar-refractivity contribution >= 4 is 11.6 Å². The van der Waals surface area contributed by atoms with Crippen LogP contribution in [0.1, 0.15) is 16.5 Å². The summed E-state index contributed by atoms with van der Waals surface area (Å²) in [7, 11) is 0. The topological polar surface area (TPSA) is 0 Å². The Morgan fingerprint density at radius 2 is 1.47 bits per heavy atom. The number of alkyl halides is 1. The third-order valence-electron chi connectivity index (χ3n) is 2.27. The molecule has 76 valence electrons. The Morgan fingerprint density at radius 3 is 2.13 bits per heavy atom. The second kappa shape index (κ2) is 4.45. The molecule has 0 aliphatic heterocycles. The summed E-state index contributed by atoms with van der Waals surface area (Å²) in [4.78, 5) is 0. The van der Waals surface area contributed by atoms with Crippen LogP contribution in [0.5, 0.6) is 0 Å². The van der Waals surface area contributed by atoms with Gasteiger partial charge < -0.3 is 0 Å². The molecular weight excluding hydrogens is 211 g/mol. The number of hydrogen-bond donors (Lipinski definition) is 0. The third kappa shape index (κ3) is 2.18. The molecule has 0 spiro atoms. The average Bonchev–Trinajstić information content (AvgIpc) is 2.30. The van der Waals surface area contributed by atoms with Crippen LogP contribution in [0, 0.1) is 5.82 Å². The molecular formula is C13H10ClF. The van der Waals surface area contributed by atoms with Crippen molar-refractivity contribution in [2.24, 2.45) is 0 Å². The van der Waals surface area contributed by atoms with E-state index >= 15 is 0 Å². The fourth-order valence-electron chi connectivity index (χ4n) is 1.48. The van der Waals surface area contributed by atoms with Gasteiger partial charge in [-0.05, 0) is 11.6 Å². The van der Waals surface area contributed by atoms with Gasteiger partial charge in [0.05, 0.1) is 5.38 Å². The van der Waals surface area contributed by atoms with E-state index in [1.165, 1.54) is 6.07 Å². The van der Waals surface area contributed by atoms with E-state index in [4.69, 9.17) is 11.6 Å². The van der Waals surface area contributed by atoms with Crippen LogP contribution >= 0.6 is 11.6 Å². The summed E-state index contributed by atoms with van der Waals surface area (Å²) in [5, 5.41) is -0.424. The highest BCUT2D eigenvalue weighted by molar-refractivity contribution is 6.22. The van der Waals surface area contributed by atoms with Crippen LogP contribution in [0.4, 0.5) is 4.39 Å². The molecule has 2 heteroatoms. The van der Waals surface area contributed by atoms with Crippen molar-refractivity contribution in [3.05, 3.63) is 71.5 Å². The highest BCUT2D eigenvalue weighted by Crippen LogP contribution is 2.29. The van der Waals surface area contributed by atoms with Crippen molar-refractivity contribution in [1.82, 2.24) is 0 Å². The van der Waals surface area contributed by atoms with E-state index in [0.717, 1.165) is 5.56 Å². The molecule has 0 aliphatic rings. The zero-order chi connectivity index (χ0) is 10.7. The molecule has 0 bridgehead atoms. The van der Waals surface area contributed by atoms with Gasteiger partial charge in [-0.3, -0.25) is 0 Å². The van der Waals surface area contributed by atoms with E-state index in [1.54, 1.807) is 18.2 Å². The molecule has 2 rings (SSSR count). The van der Waals surface area contributed by atoms with Gasteiger partial charge in [0.1, 0.15) is 5.82 Å². The Hall–Kier alpha value is -1.34. The smallest absolute Gasteiger partial charge is 0.128 e. The summed E-state index contributed by atoms with van der Waals surface area (Å²) in [6.45, 7) is 0. The first-order chi connectivity index (χ1) is 7.29. The average molecular weight is 221 g/mol. The monoisotopic (exact) mass is 220 g/mol. The predicted molar refractivity (Wildman–Crippen MR) is 60.5 cm³/mol. The van der Waals surface area contributed by atoms with Crippen molar-refractivity contribution in [3.63, 3.8) is 0 Å². The van der Waals surface area contributed by atoms with Crippen molar-refractivity contribution in [2.45, 2.75) is 5.38 Å². The van der Waals surface area contributed by atoms with Crippen molar-refractivity contribution < 1.29 is 4.39 Å². The molecule has 0 amide bonds. The molecule has 0 aromatic heterocycles. The molecule has 1 atom stereocenters. The van der Waals surface area contributed by atoms with Crippen LogP contribution in [-0.2, 0) is 0 Å². The van der Waals surface area contributed by atoms with Crippen LogP contribution in [0.2, 0.25) is 0 Å². The lowest BCUT2D eigenvalue weighted by molar-refractivity contribution is 0.612. The van der Waals surface area contributed by atoms with Gasteiger partial charge >= 0.3 is 0 Å². The zero-order valence-corrected chi connectivity index (χ0v) is 8.79. The molecule has 0 nitrogen and oxygen atoms in total. The third-order valence-corrected chi connectivity index (χ3v) is 2.76. The Bertz CT molecular complexity index is 439. The molecule has 0 N–H and O–H groups in total. The van der Waals surface area contributed by atoms with Crippen LogP contribution in [-0.4, -0.2) is 0 Å². The first-order valence-corrected chi connectivity index (χ1v) is 5.16. The van der Waals surface area contributed by atoms with Crippen molar-refractivity contribution in [2.75, 3.05) is 0 Å². The number of rotatable bonds is 2. The molecule has 0 saturated heterocycles. The summed E-state index contributed by atoms with van der Waals surface area (Å²) in [6.07, 6.45) is 0. The van der Waals surface area contributed by atoms with Gasteiger partial charge in [-0.2, -0.15) is 0 Å². The largest absolute Gasteiger partial charge is 0.207 e. The molecule has 0 heterocycles. The van der Waals surface area contributed by atoms with E-state index in [1.807, 2.05) is 30.3 Å². The molecule has 0 radical (unpaired) electrons. The van der Waals surface area contributed by atoms with Gasteiger partial charge in [0.25, 0.3) is 0 Å². The number of benzene rings is 2. The lowest BCUT2D eigenvalue weighted by Crippen LogP contribution is -1.96. The van der Waals surface area contributed by atoms with Crippen molar-refractivity contribution in [3.8, 4) is 0 Å². The van der Waals surface area contributed by atoms with E-state index < -0.39 is 5.38 Å². The highest BCUT2D eigenvalue weighted by atomic mass is 35.5. The minimum atomic E-state index is -0.424. The van der Waals surface area contributed by atoms with Crippen molar-refractivity contribution in [1.29, 1.82) is 0 Å². The summed E-state index contributed by atoms with van der Waals surface area (Å²) < 4.78 is 13.4. The minimum Gasteiger partial charge on any atom is -0.207 e. The van der Waals surface area contributed by atoms with Gasteiger partial charge in [-0.1, -0.05) is 48.5 Å². The minimum absolute atomic E-state index is 0.263. The number of hydrogen-bond acceptors (Lipinski definition) is 0. The number of halogens is 2. The lowest BCUT2D eigenvalue weighted by atomic mass is 10.0. The standard InChI is InChI=1S/C13H10ClF/c14-13(10-6-2-1-3-7-10)11-8-4-5-9-12(11)15/h1-9,13H/t13-/m1/s1. The van der Waals surface area contributed by atoms with E-state index in [0.29, 0.717) is 5.56 Å². The van der Waals surface area contributed by atoms with Crippen LogP contribution < -0.4 is 0 Å². The highest BCUT2D eigenvalue weighted by Gasteiger charge is 2.13. The SMILES string of the molecule is Fc1ccccc1[C@H](Cl)c1ccccc1. The van der Waals surface area contributed by atoms with Crippen LogP contribution in [0.3, 0.4) is 0 Å². The van der Waals surface area contributed by atoms with E-state index in [-0.39, 0.29) is 5.82 Å². The Balaban J connectivity index is 2.37. The molecule has 0 fully saturated rings. The summed E-state index contributed by atoms with van der Waals surface area (Å²) in [6, 6.07) is 16.1. The maximum absolute atomic E-state index is 13.4. The maximum Gasteiger partial charge on any atom is 0.128 e. The molecule has 2 aromatic rings. The Labute approximate surface area is 93.3 Å². The van der Waals surface area contributed by atoms with Gasteiger partial charge in [-0.15, -0.1) is 11.6 Å². The molecule has 0 unspecified atom stereocenters. The van der Waals surface area contributed by atoms with E-state index in [2.05, 4.69) is 0 Å². The summed E-state index contributed by atoms with van der Waals surface area (Å²) >= 11 is 6.20. The summed E-state index contributed by atoms with van der Waals surface area (Å²) in [5.41, 5.74) is 1.43. The normalized spacial score (nSPS) is 12.4. The van der Waals surface area contributed by atoms with Gasteiger partial charge in [-0.25, -0.2) is 4.39 Å². The quantitative estimate of drug-likeness (QED) is 0.667. The fourth-order valence-corrected chi connectivity index (χ4v) is 1.80. The Kier molecular flexibility index (Phi) is 3.02. The predicted octanol–water partition coefficient (Wildman–Crippen LogP) is 4.15. The van der Waals surface area contributed by atoms with Gasteiger partial charge in [0, 0.05) is 5.56 Å². The van der Waals surface area contributed by atoms with Gasteiger partial charge in [0.15, 0.2) is 0 Å². The second-order valence-corrected chi connectivity index (χ2v) is 3.73. The first-order valence-electron chi connectivity index (χ1n) is 4.72. The Morgan fingerprint density at radius 1 is 0.867 bits per heavy atom. The first kappa shape index (κ1) is 10.2. The molecule has 15 heavy (non-hydrogen) atoms. The van der Waals surface area contributed by atoms with Crippen LogP contribution in [0.25, 0.3) is 0 Å². The maximum atomic E-state index is 13.4.